The molecule has 5 rings (SSSR count). The van der Waals surface area contributed by atoms with Crippen LogP contribution in [0.4, 0.5) is 5.13 Å². The standard InChI is InChI=1S/C30H28N2O5S/c1-16-6-9-18(30(2,3)4)14-21(16)26(34)24-25(17-7-10-19(33)11-8-17)32(28(36)27(24)35)29-31-22-13-12-20(37-5)15-23(22)38-29/h6-15,25,33-34H,1-5H3/b26-24+. The Morgan fingerprint density at radius 2 is 1.74 bits per heavy atom. The zero-order valence-corrected chi connectivity index (χ0v) is 22.6. The van der Waals surface area contributed by atoms with Crippen molar-refractivity contribution in [2.75, 3.05) is 12.0 Å². The van der Waals surface area contributed by atoms with Crippen LogP contribution in [0.2, 0.25) is 0 Å². The number of aliphatic hydroxyl groups is 1. The summed E-state index contributed by atoms with van der Waals surface area (Å²) >= 11 is 1.26. The van der Waals surface area contributed by atoms with Gasteiger partial charge in [-0.3, -0.25) is 14.5 Å². The minimum atomic E-state index is -0.934. The lowest BCUT2D eigenvalue weighted by atomic mass is 9.84. The molecule has 1 aliphatic heterocycles. The molecule has 1 amide bonds. The predicted molar refractivity (Wildman–Crippen MR) is 149 cm³/mol. The summed E-state index contributed by atoms with van der Waals surface area (Å²) in [5.74, 6) is -1.11. The Hall–Kier alpha value is -4.17. The molecule has 2 N–H and O–H groups in total. The maximum absolute atomic E-state index is 13.6. The molecule has 194 valence electrons. The number of hydrogen-bond acceptors (Lipinski definition) is 7. The molecule has 38 heavy (non-hydrogen) atoms. The van der Waals surface area contributed by atoms with Crippen molar-refractivity contribution in [1.29, 1.82) is 0 Å². The maximum atomic E-state index is 13.6. The number of phenols is 1. The van der Waals surface area contributed by atoms with Gasteiger partial charge in [-0.1, -0.05) is 56.4 Å². The van der Waals surface area contributed by atoms with Crippen molar-refractivity contribution < 1.29 is 24.5 Å². The number of anilines is 1. The normalized spacial score (nSPS) is 17.4. The van der Waals surface area contributed by atoms with Crippen LogP contribution in [0.1, 0.15) is 49.1 Å². The van der Waals surface area contributed by atoms with E-state index in [2.05, 4.69) is 25.8 Å². The lowest BCUT2D eigenvalue weighted by Crippen LogP contribution is -2.29. The second kappa shape index (κ2) is 9.29. The molecule has 1 saturated heterocycles. The minimum absolute atomic E-state index is 0.0216. The van der Waals surface area contributed by atoms with Crippen LogP contribution in [0.5, 0.6) is 11.5 Å². The van der Waals surface area contributed by atoms with Crippen molar-refractivity contribution in [3.8, 4) is 11.5 Å². The molecule has 0 spiro atoms. The van der Waals surface area contributed by atoms with Gasteiger partial charge in [-0.25, -0.2) is 4.98 Å². The molecule has 1 atom stereocenters. The summed E-state index contributed by atoms with van der Waals surface area (Å²) in [7, 11) is 1.57. The molecule has 1 aliphatic rings. The smallest absolute Gasteiger partial charge is 0.301 e. The number of carbonyl (C=O) groups is 2. The summed E-state index contributed by atoms with van der Waals surface area (Å²) in [6, 6.07) is 16.5. The Balaban J connectivity index is 1.74. The largest absolute Gasteiger partial charge is 0.508 e. The number of methoxy groups -OCH3 is 1. The number of hydrogen-bond donors (Lipinski definition) is 2. The van der Waals surface area contributed by atoms with E-state index in [1.165, 1.54) is 28.4 Å². The number of aliphatic hydroxyl groups excluding tert-OH is 1. The first kappa shape index (κ1) is 25.5. The number of aromatic hydroxyl groups is 1. The van der Waals surface area contributed by atoms with Crippen molar-refractivity contribution in [3.05, 3.63) is 88.5 Å². The van der Waals surface area contributed by atoms with Gasteiger partial charge in [-0.05, 0) is 65.4 Å². The van der Waals surface area contributed by atoms with Gasteiger partial charge in [0.15, 0.2) is 5.13 Å². The number of aromatic nitrogens is 1. The number of phenolic OH excluding ortho intramolecular Hbond substituents is 1. The Kier molecular flexibility index (Phi) is 6.23. The Morgan fingerprint density at radius 3 is 2.39 bits per heavy atom. The molecular formula is C30H28N2O5S. The van der Waals surface area contributed by atoms with E-state index in [1.54, 1.807) is 31.4 Å². The number of rotatable bonds is 4. The van der Waals surface area contributed by atoms with E-state index in [-0.39, 0.29) is 22.5 Å². The number of benzene rings is 3. The molecule has 0 radical (unpaired) electrons. The number of nitrogens with zero attached hydrogens (tertiary/aromatic N) is 2. The molecule has 0 aliphatic carbocycles. The van der Waals surface area contributed by atoms with Gasteiger partial charge in [0.05, 0.1) is 28.9 Å². The average molecular weight is 529 g/mol. The molecule has 3 aromatic carbocycles. The first-order valence-electron chi connectivity index (χ1n) is 12.2. The summed E-state index contributed by atoms with van der Waals surface area (Å²) < 4.78 is 6.11. The molecular weight excluding hydrogens is 500 g/mol. The monoisotopic (exact) mass is 528 g/mol. The van der Waals surface area contributed by atoms with Crippen molar-refractivity contribution >= 4 is 44.1 Å². The second-order valence-electron chi connectivity index (χ2n) is 10.4. The number of aryl methyl sites for hydroxylation is 1. The van der Waals surface area contributed by atoms with Crippen molar-refractivity contribution in [1.82, 2.24) is 4.98 Å². The number of Topliss-reactive ketones (excluding diaryl/α,β-unsaturated/α-hetero) is 1. The molecule has 8 heteroatoms. The van der Waals surface area contributed by atoms with Gasteiger partial charge in [0.25, 0.3) is 5.78 Å². The van der Waals surface area contributed by atoms with Crippen LogP contribution in [0.15, 0.2) is 66.2 Å². The number of carbonyl (C=O) groups excluding carboxylic acids is 2. The van der Waals surface area contributed by atoms with Crippen molar-refractivity contribution in [2.45, 2.75) is 39.2 Å². The first-order valence-corrected chi connectivity index (χ1v) is 13.0. The van der Waals surface area contributed by atoms with Crippen molar-refractivity contribution in [3.63, 3.8) is 0 Å². The Morgan fingerprint density at radius 1 is 1.03 bits per heavy atom. The molecule has 7 nitrogen and oxygen atoms in total. The fraction of sp³-hybridized carbons (Fsp3) is 0.233. The lowest BCUT2D eigenvalue weighted by molar-refractivity contribution is -0.132. The van der Waals surface area contributed by atoms with Gasteiger partial charge < -0.3 is 14.9 Å². The molecule has 4 aromatic rings. The van der Waals surface area contributed by atoms with Gasteiger partial charge >= 0.3 is 5.91 Å². The maximum Gasteiger partial charge on any atom is 0.301 e. The summed E-state index contributed by atoms with van der Waals surface area (Å²) in [4.78, 5) is 33.1. The van der Waals surface area contributed by atoms with E-state index in [1.807, 2.05) is 31.2 Å². The van der Waals surface area contributed by atoms with Crippen LogP contribution in [0.25, 0.3) is 16.0 Å². The Bertz CT molecular complexity index is 1610. The third-order valence-electron chi connectivity index (χ3n) is 6.80. The van der Waals surface area contributed by atoms with Crippen LogP contribution in [0.3, 0.4) is 0 Å². The lowest BCUT2D eigenvalue weighted by Gasteiger charge is -2.24. The van der Waals surface area contributed by atoms with Gasteiger partial charge in [-0.2, -0.15) is 0 Å². The van der Waals surface area contributed by atoms with Crippen LogP contribution >= 0.6 is 11.3 Å². The molecule has 0 bridgehead atoms. The Labute approximate surface area is 224 Å². The summed E-state index contributed by atoms with van der Waals surface area (Å²) in [5.41, 5.74) is 3.27. The van der Waals surface area contributed by atoms with E-state index >= 15 is 0 Å². The zero-order chi connectivity index (χ0) is 27.4. The van der Waals surface area contributed by atoms with Crippen LogP contribution in [-0.2, 0) is 15.0 Å². The summed E-state index contributed by atoms with van der Waals surface area (Å²) in [6.07, 6.45) is 0. The summed E-state index contributed by atoms with van der Waals surface area (Å²) in [5, 5.41) is 21.9. The van der Waals surface area contributed by atoms with Crippen LogP contribution in [-0.4, -0.2) is 34.0 Å². The van der Waals surface area contributed by atoms with Gasteiger partial charge in [0, 0.05) is 5.56 Å². The van der Waals surface area contributed by atoms with Crippen LogP contribution < -0.4 is 9.64 Å². The predicted octanol–water partition coefficient (Wildman–Crippen LogP) is 6.24. The number of amides is 1. The highest BCUT2D eigenvalue weighted by molar-refractivity contribution is 7.22. The van der Waals surface area contributed by atoms with E-state index < -0.39 is 17.7 Å². The highest BCUT2D eigenvalue weighted by Gasteiger charge is 2.48. The molecule has 2 heterocycles. The number of fused-ring (bicyclic) bond motifs is 1. The number of thiazole rings is 1. The number of ketones is 1. The fourth-order valence-corrected chi connectivity index (χ4v) is 5.63. The second-order valence-corrected chi connectivity index (χ2v) is 11.4. The quantitative estimate of drug-likeness (QED) is 0.185. The van der Waals surface area contributed by atoms with Gasteiger partial charge in [0.2, 0.25) is 0 Å². The number of ether oxygens (including phenoxy) is 1. The van der Waals surface area contributed by atoms with E-state index in [4.69, 9.17) is 4.74 Å². The van der Waals surface area contributed by atoms with Gasteiger partial charge in [-0.15, -0.1) is 0 Å². The van der Waals surface area contributed by atoms with Crippen LogP contribution in [0, 0.1) is 6.92 Å². The molecule has 1 unspecified atom stereocenters. The van der Waals surface area contributed by atoms with Gasteiger partial charge in [0.1, 0.15) is 17.3 Å². The first-order chi connectivity index (χ1) is 18.0. The highest BCUT2D eigenvalue weighted by atomic mass is 32.1. The summed E-state index contributed by atoms with van der Waals surface area (Å²) in [6.45, 7) is 8.06. The topological polar surface area (TPSA) is 100.0 Å². The third-order valence-corrected chi connectivity index (χ3v) is 7.82. The average Bonchev–Trinajstić information content (AvgIpc) is 3.41. The van der Waals surface area contributed by atoms with E-state index in [9.17, 15) is 19.8 Å². The van der Waals surface area contributed by atoms with E-state index in [0.717, 1.165) is 15.8 Å². The highest BCUT2D eigenvalue weighted by Crippen LogP contribution is 2.45. The third kappa shape index (κ3) is 4.31. The molecule has 1 fully saturated rings. The minimum Gasteiger partial charge on any atom is -0.508 e. The van der Waals surface area contributed by atoms with Crippen molar-refractivity contribution in [2.24, 2.45) is 0 Å². The molecule has 1 aromatic heterocycles. The SMILES string of the molecule is COc1ccc2nc(N3C(=O)C(=O)/C(=C(/O)c4cc(C(C)(C)C)ccc4C)C3c3ccc(O)cc3)sc2c1. The fourth-order valence-electron chi connectivity index (χ4n) is 4.61. The zero-order valence-electron chi connectivity index (χ0n) is 21.8. The molecule has 0 saturated carbocycles. The van der Waals surface area contributed by atoms with E-state index in [0.29, 0.717) is 27.5 Å².